The second-order valence-electron chi connectivity index (χ2n) is 4.17. The molecule has 2 aromatic rings. The fourth-order valence-corrected chi connectivity index (χ4v) is 2.14. The molecule has 2 rings (SSSR count). The lowest BCUT2D eigenvalue weighted by molar-refractivity contribution is 0.892. The third-order valence-electron chi connectivity index (χ3n) is 2.77. The van der Waals surface area contributed by atoms with Gasteiger partial charge in [0.15, 0.2) is 5.69 Å². The topological polar surface area (TPSA) is 65.9 Å². The molecule has 19 heavy (non-hydrogen) atoms. The van der Waals surface area contributed by atoms with Crippen molar-refractivity contribution in [3.8, 4) is 6.07 Å². The van der Waals surface area contributed by atoms with Gasteiger partial charge in [0.2, 0.25) is 0 Å². The molecular weight excluding hydrogens is 304 g/mol. The first kappa shape index (κ1) is 13.4. The molecule has 1 heterocycles. The van der Waals surface area contributed by atoms with Crippen molar-refractivity contribution in [3.05, 3.63) is 52.1 Å². The molecule has 0 unspecified atom stereocenters. The molecule has 5 heteroatoms. The number of hydrogen-bond acceptors (Lipinski definition) is 4. The van der Waals surface area contributed by atoms with Crippen LogP contribution in [-0.2, 0) is 6.54 Å². The number of anilines is 2. The molecule has 4 nitrogen and oxygen atoms in total. The van der Waals surface area contributed by atoms with E-state index in [1.807, 2.05) is 48.3 Å². The molecule has 0 amide bonds. The Bertz CT molecular complexity index is 634. The fraction of sp³-hybridized carbons (Fsp3) is 0.143. The van der Waals surface area contributed by atoms with E-state index < -0.39 is 0 Å². The summed E-state index contributed by atoms with van der Waals surface area (Å²) >= 11 is 3.52. The Morgan fingerprint density at radius 1 is 1.32 bits per heavy atom. The number of hydrogen-bond donors (Lipinski definition) is 1. The Kier molecular flexibility index (Phi) is 4.03. The van der Waals surface area contributed by atoms with Crippen molar-refractivity contribution in [2.24, 2.45) is 0 Å². The van der Waals surface area contributed by atoms with Crippen molar-refractivity contribution in [2.75, 3.05) is 17.7 Å². The minimum absolute atomic E-state index is 0.261. The van der Waals surface area contributed by atoms with Crippen molar-refractivity contribution in [1.82, 2.24) is 4.98 Å². The molecule has 0 aliphatic carbocycles. The number of nitrogens with two attached hydrogens (primary N) is 1. The smallest absolute Gasteiger partial charge is 0.165 e. The lowest BCUT2D eigenvalue weighted by Crippen LogP contribution is -2.18. The van der Waals surface area contributed by atoms with Gasteiger partial charge in [0.05, 0.1) is 5.69 Å². The maximum Gasteiger partial charge on any atom is 0.165 e. The second kappa shape index (κ2) is 5.72. The summed E-state index contributed by atoms with van der Waals surface area (Å²) in [5.74, 6) is 0.724. The molecule has 0 aliphatic rings. The number of aromatic nitrogens is 1. The van der Waals surface area contributed by atoms with Crippen LogP contribution in [0.4, 0.5) is 11.5 Å². The van der Waals surface area contributed by atoms with Crippen molar-refractivity contribution in [2.45, 2.75) is 6.54 Å². The Hall–Kier alpha value is -2.06. The predicted octanol–water partition coefficient (Wildman–Crippen LogP) is 2.93. The van der Waals surface area contributed by atoms with E-state index in [-0.39, 0.29) is 5.69 Å². The van der Waals surface area contributed by atoms with E-state index >= 15 is 0 Å². The van der Waals surface area contributed by atoms with Gasteiger partial charge < -0.3 is 10.6 Å². The first-order valence-electron chi connectivity index (χ1n) is 5.73. The van der Waals surface area contributed by atoms with Gasteiger partial charge in [-0.2, -0.15) is 5.26 Å². The minimum Gasteiger partial charge on any atom is -0.396 e. The highest BCUT2D eigenvalue weighted by Gasteiger charge is 2.08. The summed E-state index contributed by atoms with van der Waals surface area (Å²) in [6, 6.07) is 13.5. The maximum absolute atomic E-state index is 8.94. The Morgan fingerprint density at radius 2 is 2.05 bits per heavy atom. The van der Waals surface area contributed by atoms with E-state index in [4.69, 9.17) is 11.0 Å². The number of benzene rings is 1. The van der Waals surface area contributed by atoms with Gasteiger partial charge in [-0.15, -0.1) is 0 Å². The SMILES string of the molecule is CN(Cc1ccccc1Br)c1ccc(N)c(C#N)n1. The van der Waals surface area contributed by atoms with Crippen LogP contribution in [0.5, 0.6) is 0 Å². The van der Waals surface area contributed by atoms with Crippen LogP contribution in [0.3, 0.4) is 0 Å². The largest absolute Gasteiger partial charge is 0.396 e. The molecule has 0 aliphatic heterocycles. The molecule has 1 aromatic heterocycles. The highest BCUT2D eigenvalue weighted by Crippen LogP contribution is 2.21. The van der Waals surface area contributed by atoms with Gasteiger partial charge in [0, 0.05) is 18.1 Å². The van der Waals surface area contributed by atoms with E-state index in [0.717, 1.165) is 15.9 Å². The molecular formula is C14H13BrN4. The van der Waals surface area contributed by atoms with Crippen molar-refractivity contribution in [1.29, 1.82) is 5.26 Å². The van der Waals surface area contributed by atoms with Gasteiger partial charge in [0.25, 0.3) is 0 Å². The van der Waals surface area contributed by atoms with Crippen LogP contribution < -0.4 is 10.6 Å². The van der Waals surface area contributed by atoms with Crippen LogP contribution in [-0.4, -0.2) is 12.0 Å². The first-order valence-corrected chi connectivity index (χ1v) is 6.52. The number of nitriles is 1. The molecule has 0 radical (unpaired) electrons. The highest BCUT2D eigenvalue weighted by atomic mass is 79.9. The lowest BCUT2D eigenvalue weighted by atomic mass is 10.2. The highest BCUT2D eigenvalue weighted by molar-refractivity contribution is 9.10. The Balaban J connectivity index is 2.24. The summed E-state index contributed by atoms with van der Waals surface area (Å²) in [5.41, 5.74) is 7.48. The first-order chi connectivity index (χ1) is 9.11. The number of halogens is 1. The van der Waals surface area contributed by atoms with E-state index in [2.05, 4.69) is 20.9 Å². The monoisotopic (exact) mass is 316 g/mol. The number of nitrogen functional groups attached to an aromatic ring is 1. The molecule has 0 fully saturated rings. The zero-order valence-corrected chi connectivity index (χ0v) is 12.1. The fourth-order valence-electron chi connectivity index (χ4n) is 1.72. The molecule has 0 saturated heterocycles. The van der Waals surface area contributed by atoms with E-state index in [9.17, 15) is 0 Å². The number of nitrogens with zero attached hydrogens (tertiary/aromatic N) is 3. The third-order valence-corrected chi connectivity index (χ3v) is 3.55. The number of pyridine rings is 1. The van der Waals surface area contributed by atoms with Gasteiger partial charge in [-0.25, -0.2) is 4.98 Å². The van der Waals surface area contributed by atoms with Crippen LogP contribution in [0.25, 0.3) is 0 Å². The van der Waals surface area contributed by atoms with Gasteiger partial charge >= 0.3 is 0 Å². The zero-order valence-electron chi connectivity index (χ0n) is 10.5. The van der Waals surface area contributed by atoms with Crippen LogP contribution >= 0.6 is 15.9 Å². The van der Waals surface area contributed by atoms with Crippen LogP contribution in [0.2, 0.25) is 0 Å². The lowest BCUT2D eigenvalue weighted by Gasteiger charge is -2.19. The molecule has 1 aromatic carbocycles. The normalized spacial score (nSPS) is 9.95. The van der Waals surface area contributed by atoms with Gasteiger partial charge in [0.1, 0.15) is 11.9 Å². The van der Waals surface area contributed by atoms with Crippen molar-refractivity contribution in [3.63, 3.8) is 0 Å². The summed E-state index contributed by atoms with van der Waals surface area (Å²) < 4.78 is 1.05. The van der Waals surface area contributed by atoms with Crippen LogP contribution in [0.15, 0.2) is 40.9 Å². The van der Waals surface area contributed by atoms with Crippen LogP contribution in [0.1, 0.15) is 11.3 Å². The zero-order chi connectivity index (χ0) is 13.8. The molecule has 0 saturated carbocycles. The van der Waals surface area contributed by atoms with Gasteiger partial charge in [-0.3, -0.25) is 0 Å². The molecule has 0 spiro atoms. The molecule has 96 valence electrons. The standard InChI is InChI=1S/C14H13BrN4/c1-19(9-10-4-2-3-5-11(10)15)14-7-6-12(17)13(8-16)18-14/h2-7H,9,17H2,1H3. The molecule has 2 N–H and O–H groups in total. The Morgan fingerprint density at radius 3 is 2.74 bits per heavy atom. The maximum atomic E-state index is 8.94. The van der Waals surface area contributed by atoms with Crippen LogP contribution in [0, 0.1) is 11.3 Å². The second-order valence-corrected chi connectivity index (χ2v) is 5.02. The summed E-state index contributed by atoms with van der Waals surface area (Å²) in [7, 11) is 1.93. The van der Waals surface area contributed by atoms with E-state index in [0.29, 0.717) is 12.2 Å². The van der Waals surface area contributed by atoms with Gasteiger partial charge in [-0.05, 0) is 23.8 Å². The van der Waals surface area contributed by atoms with E-state index in [1.54, 1.807) is 6.07 Å². The van der Waals surface area contributed by atoms with Crippen molar-refractivity contribution >= 4 is 27.4 Å². The van der Waals surface area contributed by atoms with Crippen molar-refractivity contribution < 1.29 is 0 Å². The summed E-state index contributed by atoms with van der Waals surface area (Å²) in [6.45, 7) is 0.698. The predicted molar refractivity (Wildman–Crippen MR) is 79.6 cm³/mol. The molecule has 0 atom stereocenters. The average molecular weight is 317 g/mol. The summed E-state index contributed by atoms with van der Waals surface area (Å²) in [6.07, 6.45) is 0. The van der Waals surface area contributed by atoms with E-state index in [1.165, 1.54) is 0 Å². The summed E-state index contributed by atoms with van der Waals surface area (Å²) in [5, 5.41) is 8.94. The molecule has 0 bridgehead atoms. The average Bonchev–Trinajstić information content (AvgIpc) is 2.42. The quantitative estimate of drug-likeness (QED) is 0.945. The third kappa shape index (κ3) is 3.04. The summed E-state index contributed by atoms with van der Waals surface area (Å²) in [4.78, 5) is 6.21. The Labute approximate surface area is 120 Å². The number of rotatable bonds is 3. The van der Waals surface area contributed by atoms with Gasteiger partial charge in [-0.1, -0.05) is 34.1 Å². The minimum atomic E-state index is 0.261.